The van der Waals surface area contributed by atoms with Crippen LogP contribution in [0, 0.1) is 13.8 Å². The van der Waals surface area contributed by atoms with Crippen LogP contribution in [0.15, 0.2) is 66.2 Å². The lowest BCUT2D eigenvalue weighted by Crippen LogP contribution is -2.29. The molecule has 3 aromatic rings. The quantitative estimate of drug-likeness (QED) is 0.328. The molecule has 0 aromatic heterocycles. The number of hydrogen-bond acceptors (Lipinski definition) is 6. The van der Waals surface area contributed by atoms with Gasteiger partial charge in [-0.1, -0.05) is 42.0 Å². The molecule has 1 fully saturated rings. The number of rotatable bonds is 5. The minimum atomic E-state index is -0.984. The number of amides is 1. The summed E-state index contributed by atoms with van der Waals surface area (Å²) in [6.07, 6.45) is 0. The molecule has 1 saturated heterocycles. The van der Waals surface area contributed by atoms with Crippen LogP contribution in [-0.2, 0) is 9.59 Å². The highest BCUT2D eigenvalue weighted by Crippen LogP contribution is 2.47. The number of nitrogens with zero attached hydrogens (tertiary/aromatic N) is 1. The highest BCUT2D eigenvalue weighted by atomic mass is 16.5. The molecule has 1 amide bonds. The molecule has 1 atom stereocenters. The second-order valence-electron chi connectivity index (χ2n) is 8.11. The van der Waals surface area contributed by atoms with Gasteiger partial charge >= 0.3 is 0 Å². The molecule has 0 radical (unpaired) electrons. The Morgan fingerprint density at radius 2 is 1.50 bits per heavy atom. The molecule has 4 rings (SSSR count). The van der Waals surface area contributed by atoms with Gasteiger partial charge in [0.15, 0.2) is 0 Å². The highest BCUT2D eigenvalue weighted by Gasteiger charge is 2.48. The van der Waals surface area contributed by atoms with Crippen molar-refractivity contribution in [1.29, 1.82) is 0 Å². The third kappa shape index (κ3) is 3.75. The first-order valence-corrected chi connectivity index (χ1v) is 10.7. The third-order valence-corrected chi connectivity index (χ3v) is 5.86. The van der Waals surface area contributed by atoms with E-state index in [1.54, 1.807) is 36.4 Å². The number of phenolic OH excluding ortho intramolecular Hbond substituents is 1. The Bertz CT molecular complexity index is 1300. The summed E-state index contributed by atoms with van der Waals surface area (Å²) in [5.41, 5.74) is 2.53. The van der Waals surface area contributed by atoms with E-state index < -0.39 is 23.5 Å². The van der Waals surface area contributed by atoms with Crippen LogP contribution in [-0.4, -0.2) is 36.1 Å². The molecule has 1 aliphatic rings. The SMILES string of the molecule is COc1cccc(OC)c1/C(O)=C1\C(=O)C(=O)N(c2cc(C)ccc2O)C1c1cccc(C)c1. The van der Waals surface area contributed by atoms with Crippen molar-refractivity contribution < 1.29 is 29.3 Å². The fourth-order valence-electron chi connectivity index (χ4n) is 4.28. The van der Waals surface area contributed by atoms with Crippen LogP contribution >= 0.6 is 0 Å². The summed E-state index contributed by atoms with van der Waals surface area (Å²) >= 11 is 0. The van der Waals surface area contributed by atoms with Crippen molar-refractivity contribution in [1.82, 2.24) is 0 Å². The fraction of sp³-hybridized carbons (Fsp3) is 0.185. The van der Waals surface area contributed by atoms with Crippen molar-refractivity contribution in [2.75, 3.05) is 19.1 Å². The molecular weight excluding hydrogens is 434 g/mol. The molecule has 0 aliphatic carbocycles. The number of ether oxygens (including phenoxy) is 2. The summed E-state index contributed by atoms with van der Waals surface area (Å²) < 4.78 is 10.8. The minimum absolute atomic E-state index is 0.126. The number of aliphatic hydroxyl groups is 1. The number of carbonyl (C=O) groups excluding carboxylic acids is 2. The predicted molar refractivity (Wildman–Crippen MR) is 128 cm³/mol. The smallest absolute Gasteiger partial charge is 0.300 e. The van der Waals surface area contributed by atoms with Gasteiger partial charge in [0.1, 0.15) is 28.6 Å². The average Bonchev–Trinajstić information content (AvgIpc) is 3.10. The molecule has 0 saturated carbocycles. The van der Waals surface area contributed by atoms with Gasteiger partial charge in [0, 0.05) is 0 Å². The first kappa shape index (κ1) is 22.9. The van der Waals surface area contributed by atoms with Crippen molar-refractivity contribution >= 4 is 23.1 Å². The van der Waals surface area contributed by atoms with Crippen LogP contribution in [0.3, 0.4) is 0 Å². The summed E-state index contributed by atoms with van der Waals surface area (Å²) in [6.45, 7) is 3.71. The van der Waals surface area contributed by atoms with E-state index in [0.29, 0.717) is 5.56 Å². The van der Waals surface area contributed by atoms with Gasteiger partial charge in [-0.15, -0.1) is 0 Å². The zero-order valence-corrected chi connectivity index (χ0v) is 19.3. The monoisotopic (exact) mass is 459 g/mol. The largest absolute Gasteiger partial charge is 0.506 e. The van der Waals surface area contributed by atoms with Crippen molar-refractivity contribution in [3.05, 3.63) is 88.5 Å². The predicted octanol–water partition coefficient (Wildman–Crippen LogP) is 4.65. The lowest BCUT2D eigenvalue weighted by molar-refractivity contribution is -0.132. The van der Waals surface area contributed by atoms with Gasteiger partial charge in [-0.3, -0.25) is 14.5 Å². The van der Waals surface area contributed by atoms with E-state index in [0.717, 1.165) is 11.1 Å². The summed E-state index contributed by atoms with van der Waals surface area (Å²) in [7, 11) is 2.87. The van der Waals surface area contributed by atoms with Gasteiger partial charge in [0.05, 0.1) is 31.5 Å². The number of anilines is 1. The molecule has 1 unspecified atom stereocenters. The molecule has 3 aromatic carbocycles. The van der Waals surface area contributed by atoms with Gasteiger partial charge < -0.3 is 19.7 Å². The topological polar surface area (TPSA) is 96.3 Å². The summed E-state index contributed by atoms with van der Waals surface area (Å²) in [5, 5.41) is 22.1. The Hall–Kier alpha value is -4.26. The molecule has 2 N–H and O–H groups in total. The van der Waals surface area contributed by atoms with E-state index in [1.807, 2.05) is 32.0 Å². The van der Waals surface area contributed by atoms with E-state index in [-0.39, 0.29) is 34.1 Å². The first-order chi connectivity index (χ1) is 16.3. The third-order valence-electron chi connectivity index (χ3n) is 5.86. The van der Waals surface area contributed by atoms with Crippen molar-refractivity contribution in [3.8, 4) is 17.2 Å². The first-order valence-electron chi connectivity index (χ1n) is 10.7. The number of carbonyl (C=O) groups is 2. The van der Waals surface area contributed by atoms with Gasteiger partial charge in [-0.25, -0.2) is 0 Å². The van der Waals surface area contributed by atoms with E-state index in [4.69, 9.17) is 9.47 Å². The number of phenols is 1. The Morgan fingerprint density at radius 3 is 2.12 bits per heavy atom. The molecule has 0 bridgehead atoms. The van der Waals surface area contributed by atoms with Crippen LogP contribution in [0.25, 0.3) is 5.76 Å². The second kappa shape index (κ2) is 8.94. The number of methoxy groups -OCH3 is 2. The van der Waals surface area contributed by atoms with Crippen LogP contribution in [0.4, 0.5) is 5.69 Å². The Labute approximate surface area is 197 Å². The standard InChI is InChI=1S/C27H25NO6/c1-15-7-5-8-17(13-15)24-23(25(30)22-20(33-3)9-6-10-21(22)34-4)26(31)27(32)28(24)18-14-16(2)11-12-19(18)29/h5-14,24,29-30H,1-4H3/b25-23+. The Kier molecular flexibility index (Phi) is 6.03. The number of Topliss-reactive ketones (excluding diaryl/α,β-unsaturated/α-hetero) is 1. The zero-order valence-electron chi connectivity index (χ0n) is 19.3. The van der Waals surface area contributed by atoms with Crippen LogP contribution in [0.2, 0.25) is 0 Å². The number of aryl methyl sites for hydroxylation is 2. The van der Waals surface area contributed by atoms with Gasteiger partial charge in [-0.2, -0.15) is 0 Å². The lowest BCUT2D eigenvalue weighted by atomic mass is 9.93. The molecule has 7 heteroatoms. The van der Waals surface area contributed by atoms with Gasteiger partial charge in [0.2, 0.25) is 0 Å². The van der Waals surface area contributed by atoms with Crippen LogP contribution in [0.1, 0.15) is 28.3 Å². The second-order valence-corrected chi connectivity index (χ2v) is 8.11. The summed E-state index contributed by atoms with van der Waals surface area (Å²) in [4.78, 5) is 28.0. The number of aromatic hydroxyl groups is 1. The average molecular weight is 459 g/mol. The number of aliphatic hydroxyl groups excluding tert-OH is 1. The minimum Gasteiger partial charge on any atom is -0.506 e. The maximum atomic E-state index is 13.4. The molecule has 1 aliphatic heterocycles. The number of benzene rings is 3. The molecule has 7 nitrogen and oxygen atoms in total. The van der Waals surface area contributed by atoms with Crippen molar-refractivity contribution in [2.24, 2.45) is 0 Å². The molecule has 174 valence electrons. The maximum absolute atomic E-state index is 13.4. The maximum Gasteiger partial charge on any atom is 0.300 e. The fourth-order valence-corrected chi connectivity index (χ4v) is 4.28. The molecular formula is C27H25NO6. The molecule has 0 spiro atoms. The van der Waals surface area contributed by atoms with Crippen molar-refractivity contribution in [2.45, 2.75) is 19.9 Å². The van der Waals surface area contributed by atoms with E-state index in [9.17, 15) is 19.8 Å². The molecule has 1 heterocycles. The normalized spacial score (nSPS) is 17.2. The zero-order chi connectivity index (χ0) is 24.6. The van der Waals surface area contributed by atoms with E-state index in [1.165, 1.54) is 25.2 Å². The van der Waals surface area contributed by atoms with E-state index in [2.05, 4.69) is 0 Å². The van der Waals surface area contributed by atoms with E-state index >= 15 is 0 Å². The molecule has 34 heavy (non-hydrogen) atoms. The number of hydrogen-bond donors (Lipinski definition) is 2. The van der Waals surface area contributed by atoms with Crippen LogP contribution < -0.4 is 14.4 Å². The van der Waals surface area contributed by atoms with Gasteiger partial charge in [-0.05, 0) is 49.2 Å². The van der Waals surface area contributed by atoms with Crippen LogP contribution in [0.5, 0.6) is 17.2 Å². The summed E-state index contributed by atoms with van der Waals surface area (Å²) in [6, 6.07) is 16.1. The van der Waals surface area contributed by atoms with Crippen molar-refractivity contribution in [3.63, 3.8) is 0 Å². The number of ketones is 1. The Morgan fingerprint density at radius 1 is 0.882 bits per heavy atom. The highest BCUT2D eigenvalue weighted by molar-refractivity contribution is 6.52. The van der Waals surface area contributed by atoms with Gasteiger partial charge in [0.25, 0.3) is 11.7 Å². The Balaban J connectivity index is 2.05. The lowest BCUT2D eigenvalue weighted by Gasteiger charge is -2.26. The summed E-state index contributed by atoms with van der Waals surface area (Å²) in [5.74, 6) is -1.75.